The molecule has 2 N–H and O–H groups in total. The minimum absolute atomic E-state index is 0.134. The first kappa shape index (κ1) is 15.9. The summed E-state index contributed by atoms with van der Waals surface area (Å²) < 4.78 is 23.5. The highest BCUT2D eigenvalue weighted by atomic mass is 35.5. The monoisotopic (exact) mass is 350 g/mol. The Labute approximate surface area is 133 Å². The molecule has 5 nitrogen and oxygen atoms in total. The van der Waals surface area contributed by atoms with Crippen molar-refractivity contribution in [3.63, 3.8) is 0 Å². The lowest BCUT2D eigenvalue weighted by Crippen LogP contribution is -2.10. The maximum atomic E-state index is 13.3. The first-order valence-electron chi connectivity index (χ1n) is 5.59. The Morgan fingerprint density at radius 1 is 1.48 bits per heavy atom. The Hall–Kier alpha value is -1.44. The zero-order chi connectivity index (χ0) is 15.4. The third kappa shape index (κ3) is 4.03. The number of nitrogens with two attached hydrogens (primary N) is 1. The number of hydrogen-bond acceptors (Lipinski definition) is 6. The quantitative estimate of drug-likeness (QED) is 0.830. The first-order chi connectivity index (χ1) is 9.99. The molecule has 0 radical (unpaired) electrons. The zero-order valence-corrected chi connectivity index (χ0v) is 12.8. The number of pyridine rings is 1. The molecule has 0 atom stereocenters. The highest BCUT2D eigenvalue weighted by molar-refractivity contribution is 8.13. The van der Waals surface area contributed by atoms with Gasteiger partial charge in [-0.15, -0.1) is 0 Å². The Kier molecular flexibility index (Phi) is 5.33. The van der Waals surface area contributed by atoms with E-state index in [4.69, 9.17) is 38.1 Å². The van der Waals surface area contributed by atoms with Crippen LogP contribution < -0.4 is 10.5 Å². The van der Waals surface area contributed by atoms with Crippen LogP contribution in [-0.2, 0) is 10.5 Å². The molecule has 21 heavy (non-hydrogen) atoms. The lowest BCUT2D eigenvalue weighted by molar-refractivity contribution is -0.112. The maximum Gasteiger partial charge on any atom is 0.238 e. The molecular formula is C12H9Cl2FN2O3S. The van der Waals surface area contributed by atoms with Crippen LogP contribution in [0, 0.1) is 5.95 Å². The minimum atomic E-state index is -1.01. The Morgan fingerprint density at radius 3 is 2.90 bits per heavy atom. The number of furan rings is 1. The van der Waals surface area contributed by atoms with Gasteiger partial charge in [-0.25, -0.2) is 0 Å². The largest absolute Gasteiger partial charge is 0.468 e. The van der Waals surface area contributed by atoms with E-state index in [1.807, 2.05) is 0 Å². The van der Waals surface area contributed by atoms with Crippen molar-refractivity contribution < 1.29 is 18.3 Å². The van der Waals surface area contributed by atoms with Crippen LogP contribution in [0.5, 0.6) is 5.88 Å². The fourth-order valence-electron chi connectivity index (χ4n) is 1.32. The summed E-state index contributed by atoms with van der Waals surface area (Å²) in [4.78, 5) is 15.0. The number of halogens is 3. The maximum absolute atomic E-state index is 13.3. The SMILES string of the molecule is Nc1c(Cl)c(F)nc(OCC(=O)SCc2ccco2)c1Cl. The molecule has 0 spiro atoms. The molecule has 0 unspecified atom stereocenters. The van der Waals surface area contributed by atoms with E-state index in [0.29, 0.717) is 11.5 Å². The van der Waals surface area contributed by atoms with Crippen molar-refractivity contribution in [2.24, 2.45) is 0 Å². The van der Waals surface area contributed by atoms with E-state index in [2.05, 4.69) is 4.98 Å². The van der Waals surface area contributed by atoms with Gasteiger partial charge < -0.3 is 14.9 Å². The number of anilines is 1. The van der Waals surface area contributed by atoms with Crippen LogP contribution in [-0.4, -0.2) is 16.7 Å². The molecule has 0 saturated carbocycles. The van der Waals surface area contributed by atoms with E-state index in [1.54, 1.807) is 12.1 Å². The van der Waals surface area contributed by atoms with Crippen LogP contribution in [0.1, 0.15) is 5.76 Å². The van der Waals surface area contributed by atoms with E-state index < -0.39 is 5.95 Å². The number of carbonyl (C=O) groups excluding carboxylic acids is 1. The number of thioether (sulfide) groups is 1. The number of carbonyl (C=O) groups is 1. The Morgan fingerprint density at radius 2 is 2.24 bits per heavy atom. The molecule has 0 aliphatic carbocycles. The number of hydrogen-bond donors (Lipinski definition) is 1. The number of ether oxygens (including phenoxy) is 1. The number of aromatic nitrogens is 1. The van der Waals surface area contributed by atoms with Gasteiger partial charge in [-0.05, 0) is 12.1 Å². The predicted octanol–water partition coefficient (Wildman–Crippen LogP) is 3.54. The molecule has 2 aromatic rings. The average molecular weight is 351 g/mol. The highest BCUT2D eigenvalue weighted by Crippen LogP contribution is 2.35. The molecule has 0 amide bonds. The second-order valence-electron chi connectivity index (χ2n) is 3.78. The van der Waals surface area contributed by atoms with E-state index in [0.717, 1.165) is 11.8 Å². The third-order valence-corrected chi connectivity index (χ3v) is 3.92. The molecule has 2 aromatic heterocycles. The fraction of sp³-hybridized carbons (Fsp3) is 0.167. The smallest absolute Gasteiger partial charge is 0.238 e. The number of nitrogen functional groups attached to an aromatic ring is 1. The second-order valence-corrected chi connectivity index (χ2v) is 5.57. The van der Waals surface area contributed by atoms with E-state index in [-0.39, 0.29) is 33.3 Å². The average Bonchev–Trinajstić information content (AvgIpc) is 2.98. The van der Waals surface area contributed by atoms with Crippen molar-refractivity contribution in [3.8, 4) is 5.88 Å². The minimum Gasteiger partial charge on any atom is -0.468 e. The van der Waals surface area contributed by atoms with Crippen LogP contribution in [0.2, 0.25) is 10.0 Å². The van der Waals surface area contributed by atoms with Crippen molar-refractivity contribution in [2.45, 2.75) is 5.75 Å². The lowest BCUT2D eigenvalue weighted by atomic mass is 10.4. The van der Waals surface area contributed by atoms with Gasteiger partial charge in [0.2, 0.25) is 16.9 Å². The van der Waals surface area contributed by atoms with Crippen molar-refractivity contribution in [1.82, 2.24) is 4.98 Å². The van der Waals surface area contributed by atoms with Crippen LogP contribution in [0.25, 0.3) is 0 Å². The summed E-state index contributed by atoms with van der Waals surface area (Å²) >= 11 is 12.3. The van der Waals surface area contributed by atoms with Crippen molar-refractivity contribution >= 4 is 45.8 Å². The molecule has 0 bridgehead atoms. The lowest BCUT2D eigenvalue weighted by Gasteiger charge is -2.09. The van der Waals surface area contributed by atoms with Crippen LogP contribution in [0.15, 0.2) is 22.8 Å². The summed E-state index contributed by atoms with van der Waals surface area (Å²) in [6.07, 6.45) is 1.51. The van der Waals surface area contributed by atoms with Gasteiger partial charge in [0.25, 0.3) is 0 Å². The Balaban J connectivity index is 1.92. The topological polar surface area (TPSA) is 78.4 Å². The molecule has 0 saturated heterocycles. The van der Waals surface area contributed by atoms with Crippen LogP contribution >= 0.6 is 35.0 Å². The highest BCUT2D eigenvalue weighted by Gasteiger charge is 2.17. The number of nitrogens with zero attached hydrogens (tertiary/aromatic N) is 1. The third-order valence-electron chi connectivity index (χ3n) is 2.32. The first-order valence-corrected chi connectivity index (χ1v) is 7.34. The van der Waals surface area contributed by atoms with Gasteiger partial charge in [-0.3, -0.25) is 4.79 Å². The standard InChI is InChI=1S/C12H9Cl2FN2O3S/c13-8-10(16)9(14)12(17-11(8)15)20-4-7(18)21-5-6-2-1-3-19-6/h1-3H,4-5H2,(H2,16,17). The molecule has 2 rings (SSSR count). The second kappa shape index (κ2) is 7.02. The molecule has 112 valence electrons. The molecule has 2 heterocycles. The molecule has 0 aromatic carbocycles. The number of rotatable bonds is 5. The Bertz CT molecular complexity index is 652. The van der Waals surface area contributed by atoms with Crippen molar-refractivity contribution in [3.05, 3.63) is 40.1 Å². The molecule has 0 aliphatic rings. The predicted molar refractivity (Wildman–Crippen MR) is 79.1 cm³/mol. The molecule has 0 fully saturated rings. The van der Waals surface area contributed by atoms with Gasteiger partial charge in [0, 0.05) is 0 Å². The van der Waals surface area contributed by atoms with Crippen LogP contribution in [0.3, 0.4) is 0 Å². The van der Waals surface area contributed by atoms with Gasteiger partial charge >= 0.3 is 0 Å². The molecular weight excluding hydrogens is 342 g/mol. The van der Waals surface area contributed by atoms with Crippen molar-refractivity contribution in [2.75, 3.05) is 12.3 Å². The van der Waals surface area contributed by atoms with Crippen LogP contribution in [0.4, 0.5) is 10.1 Å². The summed E-state index contributed by atoms with van der Waals surface area (Å²) in [5, 5.41) is -0.811. The van der Waals surface area contributed by atoms with Gasteiger partial charge in [0.15, 0.2) is 6.61 Å². The van der Waals surface area contributed by atoms with E-state index in [9.17, 15) is 9.18 Å². The summed E-state index contributed by atoms with van der Waals surface area (Å²) in [7, 11) is 0. The van der Waals surface area contributed by atoms with Gasteiger partial charge in [-0.2, -0.15) is 9.37 Å². The zero-order valence-electron chi connectivity index (χ0n) is 10.4. The van der Waals surface area contributed by atoms with E-state index >= 15 is 0 Å². The van der Waals surface area contributed by atoms with Gasteiger partial charge in [0.05, 0.1) is 17.7 Å². The normalized spacial score (nSPS) is 10.6. The summed E-state index contributed by atoms with van der Waals surface area (Å²) in [5.41, 5.74) is 5.30. The van der Waals surface area contributed by atoms with Crippen molar-refractivity contribution in [1.29, 1.82) is 0 Å². The summed E-state index contributed by atoms with van der Waals surface area (Å²) in [6, 6.07) is 3.47. The summed E-state index contributed by atoms with van der Waals surface area (Å²) in [6.45, 7) is -0.335. The van der Waals surface area contributed by atoms with Gasteiger partial charge in [0.1, 0.15) is 15.8 Å². The molecule has 0 aliphatic heterocycles. The molecule has 9 heteroatoms. The summed E-state index contributed by atoms with van der Waals surface area (Å²) in [5.74, 6) is -0.258. The fourth-order valence-corrected chi connectivity index (χ4v) is 2.31. The van der Waals surface area contributed by atoms with E-state index in [1.165, 1.54) is 6.26 Å². The van der Waals surface area contributed by atoms with Gasteiger partial charge in [-0.1, -0.05) is 35.0 Å².